The number of aryl methyl sites for hydroxylation is 1. The fourth-order valence-corrected chi connectivity index (χ4v) is 1.72. The van der Waals surface area contributed by atoms with E-state index in [1.165, 1.54) is 11.1 Å². The van der Waals surface area contributed by atoms with Crippen LogP contribution in [-0.2, 0) is 17.8 Å². The Kier molecular flexibility index (Phi) is 5.39. The molecular formula is C13H19NOS. The summed E-state index contributed by atoms with van der Waals surface area (Å²) in [4.78, 5) is 13.3. The molecule has 1 aromatic rings. The van der Waals surface area contributed by atoms with E-state index in [-0.39, 0.29) is 5.91 Å². The molecule has 0 saturated heterocycles. The molecule has 88 valence electrons. The Labute approximate surface area is 103 Å². The number of hydrogen-bond acceptors (Lipinski definition) is 2. The third kappa shape index (κ3) is 3.89. The molecule has 1 amide bonds. The predicted molar refractivity (Wildman–Crippen MR) is 70.8 cm³/mol. The van der Waals surface area contributed by atoms with Gasteiger partial charge in [0.25, 0.3) is 0 Å². The largest absolute Gasteiger partial charge is 0.341 e. The standard InChI is InChI=1S/C13H19NOS/c1-3-11-4-6-12(7-5-11)10-14(2)13(15)8-9-16/h4-7,16H,3,8-10H2,1-2H3. The van der Waals surface area contributed by atoms with Crippen LogP contribution in [0.5, 0.6) is 0 Å². The molecular weight excluding hydrogens is 218 g/mol. The van der Waals surface area contributed by atoms with E-state index < -0.39 is 0 Å². The fourth-order valence-electron chi connectivity index (χ4n) is 1.53. The van der Waals surface area contributed by atoms with Gasteiger partial charge < -0.3 is 4.90 Å². The predicted octanol–water partition coefficient (Wildman–Crippen LogP) is 2.53. The SMILES string of the molecule is CCc1ccc(CN(C)C(=O)CCS)cc1. The van der Waals surface area contributed by atoms with Gasteiger partial charge in [0.15, 0.2) is 0 Å². The van der Waals surface area contributed by atoms with Crippen molar-refractivity contribution in [2.45, 2.75) is 26.3 Å². The Hall–Kier alpha value is -0.960. The van der Waals surface area contributed by atoms with Crippen molar-refractivity contribution in [1.82, 2.24) is 4.90 Å². The first-order valence-electron chi connectivity index (χ1n) is 5.60. The number of rotatable bonds is 5. The van der Waals surface area contributed by atoms with Gasteiger partial charge in [-0.05, 0) is 23.3 Å². The fraction of sp³-hybridized carbons (Fsp3) is 0.462. The molecule has 0 radical (unpaired) electrons. The second-order valence-electron chi connectivity index (χ2n) is 3.89. The van der Waals surface area contributed by atoms with Crippen molar-refractivity contribution in [2.24, 2.45) is 0 Å². The van der Waals surface area contributed by atoms with Crippen LogP contribution < -0.4 is 0 Å². The minimum absolute atomic E-state index is 0.148. The Balaban J connectivity index is 2.55. The quantitative estimate of drug-likeness (QED) is 0.780. The topological polar surface area (TPSA) is 20.3 Å². The molecule has 0 saturated carbocycles. The van der Waals surface area contributed by atoms with Crippen molar-refractivity contribution in [1.29, 1.82) is 0 Å². The zero-order valence-corrected chi connectivity index (χ0v) is 10.8. The summed E-state index contributed by atoms with van der Waals surface area (Å²) in [6, 6.07) is 8.41. The lowest BCUT2D eigenvalue weighted by Gasteiger charge is -2.16. The molecule has 0 N–H and O–H groups in total. The van der Waals surface area contributed by atoms with E-state index in [1.54, 1.807) is 4.90 Å². The highest BCUT2D eigenvalue weighted by molar-refractivity contribution is 7.80. The van der Waals surface area contributed by atoms with Gasteiger partial charge >= 0.3 is 0 Å². The number of benzene rings is 1. The molecule has 1 aromatic carbocycles. The highest BCUT2D eigenvalue weighted by Crippen LogP contribution is 2.08. The summed E-state index contributed by atoms with van der Waals surface area (Å²) < 4.78 is 0. The van der Waals surface area contributed by atoms with Crippen LogP contribution in [0.25, 0.3) is 0 Å². The van der Waals surface area contributed by atoms with Crippen LogP contribution in [0.4, 0.5) is 0 Å². The number of hydrogen-bond donors (Lipinski definition) is 1. The van der Waals surface area contributed by atoms with Crippen molar-refractivity contribution in [2.75, 3.05) is 12.8 Å². The maximum Gasteiger partial charge on any atom is 0.223 e. The van der Waals surface area contributed by atoms with Gasteiger partial charge in [-0.15, -0.1) is 0 Å². The van der Waals surface area contributed by atoms with Crippen LogP contribution in [0.3, 0.4) is 0 Å². The normalized spacial score (nSPS) is 10.2. The van der Waals surface area contributed by atoms with Gasteiger partial charge in [0.2, 0.25) is 5.91 Å². The average Bonchev–Trinajstić information content (AvgIpc) is 2.30. The number of nitrogens with zero attached hydrogens (tertiary/aromatic N) is 1. The maximum atomic E-state index is 11.5. The second kappa shape index (κ2) is 6.59. The second-order valence-corrected chi connectivity index (χ2v) is 4.34. The molecule has 0 heterocycles. The minimum Gasteiger partial charge on any atom is -0.341 e. The molecule has 0 unspecified atom stereocenters. The van der Waals surface area contributed by atoms with Gasteiger partial charge in [-0.3, -0.25) is 4.79 Å². The zero-order chi connectivity index (χ0) is 12.0. The summed E-state index contributed by atoms with van der Waals surface area (Å²) in [7, 11) is 1.83. The van der Waals surface area contributed by atoms with Gasteiger partial charge in [0, 0.05) is 20.0 Å². The van der Waals surface area contributed by atoms with Crippen molar-refractivity contribution < 1.29 is 4.79 Å². The third-order valence-electron chi connectivity index (χ3n) is 2.60. The van der Waals surface area contributed by atoms with Crippen LogP contribution in [0, 0.1) is 0 Å². The van der Waals surface area contributed by atoms with Crippen molar-refractivity contribution in [3.05, 3.63) is 35.4 Å². The molecule has 16 heavy (non-hydrogen) atoms. The Morgan fingerprint density at radius 2 is 1.81 bits per heavy atom. The monoisotopic (exact) mass is 237 g/mol. The molecule has 0 spiro atoms. The molecule has 0 fully saturated rings. The van der Waals surface area contributed by atoms with E-state index in [0.717, 1.165) is 6.42 Å². The van der Waals surface area contributed by atoms with Crippen molar-refractivity contribution >= 4 is 18.5 Å². The first kappa shape index (κ1) is 13.1. The first-order chi connectivity index (χ1) is 7.67. The molecule has 0 atom stereocenters. The van der Waals surface area contributed by atoms with Gasteiger partial charge in [0.05, 0.1) is 0 Å². The molecule has 0 aliphatic heterocycles. The Morgan fingerprint density at radius 3 is 2.31 bits per heavy atom. The van der Waals surface area contributed by atoms with Gasteiger partial charge in [-0.1, -0.05) is 31.2 Å². The first-order valence-corrected chi connectivity index (χ1v) is 6.23. The summed E-state index contributed by atoms with van der Waals surface area (Å²) >= 11 is 4.06. The van der Waals surface area contributed by atoms with Crippen LogP contribution >= 0.6 is 12.6 Å². The Bertz CT molecular complexity index is 334. The molecule has 0 aliphatic carbocycles. The summed E-state index contributed by atoms with van der Waals surface area (Å²) in [5, 5.41) is 0. The number of thiol groups is 1. The van der Waals surface area contributed by atoms with Gasteiger partial charge in [-0.2, -0.15) is 12.6 Å². The lowest BCUT2D eigenvalue weighted by molar-refractivity contribution is -0.129. The number of carbonyl (C=O) groups excluding carboxylic acids is 1. The lowest BCUT2D eigenvalue weighted by atomic mass is 10.1. The maximum absolute atomic E-state index is 11.5. The molecule has 0 bridgehead atoms. The van der Waals surface area contributed by atoms with E-state index in [0.29, 0.717) is 18.7 Å². The lowest BCUT2D eigenvalue weighted by Crippen LogP contribution is -2.26. The van der Waals surface area contributed by atoms with Crippen LogP contribution in [-0.4, -0.2) is 23.6 Å². The summed E-state index contributed by atoms with van der Waals surface area (Å²) in [5.74, 6) is 0.757. The van der Waals surface area contributed by atoms with Crippen LogP contribution in [0.15, 0.2) is 24.3 Å². The molecule has 0 aliphatic rings. The number of amides is 1. The van der Waals surface area contributed by atoms with E-state index in [4.69, 9.17) is 0 Å². The van der Waals surface area contributed by atoms with Crippen LogP contribution in [0.2, 0.25) is 0 Å². The van der Waals surface area contributed by atoms with Crippen LogP contribution in [0.1, 0.15) is 24.5 Å². The van der Waals surface area contributed by atoms with Gasteiger partial charge in [0.1, 0.15) is 0 Å². The highest BCUT2D eigenvalue weighted by Gasteiger charge is 2.07. The summed E-state index contributed by atoms with van der Waals surface area (Å²) in [6.07, 6.45) is 1.56. The third-order valence-corrected chi connectivity index (χ3v) is 2.83. The average molecular weight is 237 g/mol. The van der Waals surface area contributed by atoms with Crippen molar-refractivity contribution in [3.63, 3.8) is 0 Å². The van der Waals surface area contributed by atoms with E-state index in [2.05, 4.69) is 43.8 Å². The minimum atomic E-state index is 0.148. The van der Waals surface area contributed by atoms with E-state index in [9.17, 15) is 4.79 Å². The summed E-state index contributed by atoms with van der Waals surface area (Å²) in [5.41, 5.74) is 2.50. The molecule has 0 aromatic heterocycles. The molecule has 1 rings (SSSR count). The smallest absolute Gasteiger partial charge is 0.223 e. The Morgan fingerprint density at radius 1 is 1.25 bits per heavy atom. The molecule has 3 heteroatoms. The summed E-state index contributed by atoms with van der Waals surface area (Å²) in [6.45, 7) is 2.81. The van der Waals surface area contributed by atoms with Crippen molar-refractivity contribution in [3.8, 4) is 0 Å². The zero-order valence-electron chi connectivity index (χ0n) is 9.94. The highest BCUT2D eigenvalue weighted by atomic mass is 32.1. The van der Waals surface area contributed by atoms with Gasteiger partial charge in [-0.25, -0.2) is 0 Å². The molecule has 2 nitrogen and oxygen atoms in total. The van der Waals surface area contributed by atoms with E-state index >= 15 is 0 Å². The van der Waals surface area contributed by atoms with E-state index in [1.807, 2.05) is 7.05 Å². The number of carbonyl (C=O) groups is 1.